The molecule has 3 aromatic rings. The van der Waals surface area contributed by atoms with Crippen LogP contribution in [0.15, 0.2) is 54.9 Å². The highest BCUT2D eigenvalue weighted by atomic mass is 19.4. The van der Waals surface area contributed by atoms with Gasteiger partial charge in [-0.05, 0) is 55.7 Å². The zero-order valence-electron chi connectivity index (χ0n) is 15.9. The van der Waals surface area contributed by atoms with E-state index in [-0.39, 0.29) is 24.4 Å². The number of halogens is 3. The third-order valence-corrected chi connectivity index (χ3v) is 5.06. The summed E-state index contributed by atoms with van der Waals surface area (Å²) in [6.07, 6.45) is 1.03. The number of benzene rings is 1. The van der Waals surface area contributed by atoms with E-state index in [0.29, 0.717) is 5.69 Å². The molecule has 0 aliphatic heterocycles. The summed E-state index contributed by atoms with van der Waals surface area (Å²) in [6, 6.07) is 12.4. The normalized spacial score (nSPS) is 15.3. The summed E-state index contributed by atoms with van der Waals surface area (Å²) in [6.45, 7) is 1.61. The van der Waals surface area contributed by atoms with Gasteiger partial charge in [-0.15, -0.1) is 0 Å². The van der Waals surface area contributed by atoms with E-state index < -0.39 is 11.9 Å². The molecule has 29 heavy (non-hydrogen) atoms. The number of nitrogens with zero attached hydrogens (tertiary/aromatic N) is 3. The predicted octanol–water partition coefficient (Wildman–Crippen LogP) is 4.45. The van der Waals surface area contributed by atoms with Gasteiger partial charge in [0.15, 0.2) is 5.69 Å². The van der Waals surface area contributed by atoms with Crippen molar-refractivity contribution in [3.8, 4) is 5.69 Å². The molecule has 1 aliphatic rings. The molecule has 1 aliphatic carbocycles. The van der Waals surface area contributed by atoms with Crippen molar-refractivity contribution in [1.82, 2.24) is 19.7 Å². The Balaban J connectivity index is 1.42. The maximum absolute atomic E-state index is 13.0. The van der Waals surface area contributed by atoms with Crippen LogP contribution in [0.25, 0.3) is 5.69 Å². The molecule has 0 saturated heterocycles. The van der Waals surface area contributed by atoms with E-state index in [4.69, 9.17) is 0 Å². The van der Waals surface area contributed by atoms with E-state index in [1.54, 1.807) is 0 Å². The van der Waals surface area contributed by atoms with Gasteiger partial charge in [0.05, 0.1) is 6.04 Å². The summed E-state index contributed by atoms with van der Waals surface area (Å²) in [5.74, 6) is -0.309. The van der Waals surface area contributed by atoms with Crippen molar-refractivity contribution in [3.63, 3.8) is 0 Å². The van der Waals surface area contributed by atoms with Crippen LogP contribution >= 0.6 is 0 Å². The van der Waals surface area contributed by atoms with Crippen molar-refractivity contribution >= 4 is 5.91 Å². The number of aromatic nitrogens is 3. The Hall–Kier alpha value is -3.03. The number of hydrogen-bond donors (Lipinski definition) is 1. The zero-order valence-corrected chi connectivity index (χ0v) is 15.9. The van der Waals surface area contributed by atoms with E-state index in [1.807, 2.05) is 60.3 Å². The molecule has 152 valence electrons. The fraction of sp³-hybridized carbons (Fsp3) is 0.333. The van der Waals surface area contributed by atoms with E-state index in [2.05, 4.69) is 10.4 Å². The van der Waals surface area contributed by atoms with Crippen molar-refractivity contribution in [1.29, 1.82) is 0 Å². The molecule has 1 amide bonds. The van der Waals surface area contributed by atoms with Crippen molar-refractivity contribution in [2.24, 2.45) is 0 Å². The number of carbonyl (C=O) groups excluding carboxylic acids is 1. The molecule has 1 fully saturated rings. The molecule has 1 N–H and O–H groups in total. The minimum atomic E-state index is -4.51. The SMILES string of the molecule is CC(NC(=O)Cn1nc(C(F)(F)F)cc1C1CC1)c1ccc(-n2cccc2)cc1. The van der Waals surface area contributed by atoms with Crippen LogP contribution in [0, 0.1) is 0 Å². The van der Waals surface area contributed by atoms with E-state index in [9.17, 15) is 18.0 Å². The van der Waals surface area contributed by atoms with Crippen molar-refractivity contribution in [2.75, 3.05) is 0 Å². The van der Waals surface area contributed by atoms with Gasteiger partial charge in [0.25, 0.3) is 0 Å². The summed E-state index contributed by atoms with van der Waals surface area (Å²) in [5.41, 5.74) is 1.45. The first-order chi connectivity index (χ1) is 13.8. The monoisotopic (exact) mass is 402 g/mol. The number of nitrogens with one attached hydrogen (secondary N) is 1. The molecular formula is C21H21F3N4O. The standard InChI is InChI=1S/C21H21F3N4O/c1-14(15-6-8-17(9-7-15)27-10-2-3-11-27)25-20(29)13-28-18(16-4-5-16)12-19(26-28)21(22,23)24/h2-3,6-12,14,16H,4-5,13H2,1H3,(H,25,29). The number of carbonyl (C=O) groups is 1. The van der Waals surface area contributed by atoms with Crippen LogP contribution in [0.2, 0.25) is 0 Å². The lowest BCUT2D eigenvalue weighted by atomic mass is 10.1. The zero-order chi connectivity index (χ0) is 20.6. The molecule has 0 bridgehead atoms. The first-order valence-electron chi connectivity index (χ1n) is 9.49. The minimum absolute atomic E-state index is 0.0602. The number of alkyl halides is 3. The minimum Gasteiger partial charge on any atom is -0.348 e. The molecule has 8 heteroatoms. The smallest absolute Gasteiger partial charge is 0.348 e. The van der Waals surface area contributed by atoms with Crippen LogP contribution in [0.3, 0.4) is 0 Å². The van der Waals surface area contributed by atoms with Gasteiger partial charge in [-0.1, -0.05) is 12.1 Å². The largest absolute Gasteiger partial charge is 0.435 e. The molecule has 1 unspecified atom stereocenters. The second-order valence-corrected chi connectivity index (χ2v) is 7.36. The molecule has 0 spiro atoms. The summed E-state index contributed by atoms with van der Waals surface area (Å²) >= 11 is 0. The average molecular weight is 402 g/mol. The topological polar surface area (TPSA) is 51.9 Å². The Morgan fingerprint density at radius 2 is 1.86 bits per heavy atom. The first kappa shape index (κ1) is 19.3. The molecule has 0 radical (unpaired) electrons. The molecule has 5 nitrogen and oxygen atoms in total. The number of rotatable bonds is 6. The maximum Gasteiger partial charge on any atom is 0.435 e. The van der Waals surface area contributed by atoms with Gasteiger partial charge in [0, 0.05) is 29.7 Å². The third-order valence-electron chi connectivity index (χ3n) is 5.06. The number of amides is 1. The maximum atomic E-state index is 13.0. The fourth-order valence-electron chi connectivity index (χ4n) is 3.35. The number of hydrogen-bond acceptors (Lipinski definition) is 2. The van der Waals surface area contributed by atoms with Crippen LogP contribution < -0.4 is 5.32 Å². The lowest BCUT2D eigenvalue weighted by Gasteiger charge is -2.16. The van der Waals surface area contributed by atoms with Gasteiger partial charge in [-0.3, -0.25) is 9.48 Å². The van der Waals surface area contributed by atoms with Gasteiger partial charge >= 0.3 is 6.18 Å². The van der Waals surface area contributed by atoms with E-state index in [1.165, 1.54) is 4.68 Å². The highest BCUT2D eigenvalue weighted by Gasteiger charge is 2.38. The van der Waals surface area contributed by atoms with Crippen LogP contribution in [0.1, 0.15) is 48.7 Å². The second kappa shape index (κ2) is 7.42. The van der Waals surface area contributed by atoms with E-state index >= 15 is 0 Å². The molecule has 1 saturated carbocycles. The van der Waals surface area contributed by atoms with Gasteiger partial charge in [0.2, 0.25) is 5.91 Å². The highest BCUT2D eigenvalue weighted by molar-refractivity contribution is 5.76. The van der Waals surface area contributed by atoms with Crippen LogP contribution in [-0.2, 0) is 17.5 Å². The van der Waals surface area contributed by atoms with Crippen molar-refractivity contribution in [2.45, 2.75) is 44.4 Å². The molecule has 2 aromatic heterocycles. The summed E-state index contributed by atoms with van der Waals surface area (Å²) in [5, 5.41) is 6.48. The van der Waals surface area contributed by atoms with Crippen molar-refractivity contribution < 1.29 is 18.0 Å². The van der Waals surface area contributed by atoms with Crippen LogP contribution in [0.5, 0.6) is 0 Å². The highest BCUT2D eigenvalue weighted by Crippen LogP contribution is 2.42. The lowest BCUT2D eigenvalue weighted by Crippen LogP contribution is -2.31. The molecule has 1 aromatic carbocycles. The Kier molecular flexibility index (Phi) is 4.94. The summed E-state index contributed by atoms with van der Waals surface area (Å²) in [4.78, 5) is 12.4. The van der Waals surface area contributed by atoms with Crippen LogP contribution in [-0.4, -0.2) is 20.3 Å². The van der Waals surface area contributed by atoms with Crippen molar-refractivity contribution in [3.05, 3.63) is 71.8 Å². The Bertz CT molecular complexity index is 986. The molecule has 2 heterocycles. The van der Waals surface area contributed by atoms with Gasteiger partial charge in [0.1, 0.15) is 6.54 Å². The van der Waals surface area contributed by atoms with Gasteiger partial charge in [-0.25, -0.2) is 0 Å². The molecule has 4 rings (SSSR count). The fourth-order valence-corrected chi connectivity index (χ4v) is 3.35. The first-order valence-corrected chi connectivity index (χ1v) is 9.49. The van der Waals surface area contributed by atoms with E-state index in [0.717, 1.165) is 30.2 Å². The average Bonchev–Trinajstić information content (AvgIpc) is 3.18. The van der Waals surface area contributed by atoms with Crippen LogP contribution in [0.4, 0.5) is 13.2 Å². The Morgan fingerprint density at radius 1 is 1.21 bits per heavy atom. The molecular weight excluding hydrogens is 381 g/mol. The van der Waals surface area contributed by atoms with Gasteiger partial charge in [-0.2, -0.15) is 18.3 Å². The predicted molar refractivity (Wildman–Crippen MR) is 102 cm³/mol. The third kappa shape index (κ3) is 4.36. The second-order valence-electron chi connectivity index (χ2n) is 7.36. The summed E-state index contributed by atoms with van der Waals surface area (Å²) < 4.78 is 42.1. The Labute approximate surface area is 166 Å². The Morgan fingerprint density at radius 3 is 2.45 bits per heavy atom. The lowest BCUT2D eigenvalue weighted by molar-refractivity contribution is -0.141. The summed E-state index contributed by atoms with van der Waals surface area (Å²) in [7, 11) is 0. The molecule has 1 atom stereocenters. The quantitative estimate of drug-likeness (QED) is 0.662. The van der Waals surface area contributed by atoms with Gasteiger partial charge < -0.3 is 9.88 Å².